The maximum Gasteiger partial charge on any atom is 0.248 e. The number of alkyl halides is 2. The van der Waals surface area contributed by atoms with E-state index in [1.165, 1.54) is 0 Å². The summed E-state index contributed by atoms with van der Waals surface area (Å²) in [6.45, 7) is 0. The molecule has 2 rings (SSSR count). The summed E-state index contributed by atoms with van der Waals surface area (Å²) in [5.74, 6) is -3.34. The molecule has 1 aliphatic carbocycles. The standard InChI is InChI=1S/C13H15ClF2N2O/c14-9-2-1-3-10(17)11(9)18-12(19)8-4-6-13(15,16)7-5-8/h1-3,8H,4-7,17H2,(H,18,19). The second kappa shape index (κ2) is 5.33. The van der Waals surface area contributed by atoms with Gasteiger partial charge in [-0.1, -0.05) is 17.7 Å². The number of carbonyl (C=O) groups excluding carboxylic acids is 1. The highest BCUT2D eigenvalue weighted by Gasteiger charge is 2.37. The van der Waals surface area contributed by atoms with Gasteiger partial charge in [-0.3, -0.25) is 4.79 Å². The van der Waals surface area contributed by atoms with Crippen LogP contribution in [-0.2, 0) is 4.79 Å². The van der Waals surface area contributed by atoms with Gasteiger partial charge in [0, 0.05) is 18.8 Å². The van der Waals surface area contributed by atoms with Crippen LogP contribution in [0.3, 0.4) is 0 Å². The van der Waals surface area contributed by atoms with E-state index >= 15 is 0 Å². The zero-order chi connectivity index (χ0) is 14.0. The fourth-order valence-corrected chi connectivity index (χ4v) is 2.43. The third kappa shape index (κ3) is 3.35. The van der Waals surface area contributed by atoms with Crippen molar-refractivity contribution in [1.82, 2.24) is 0 Å². The molecular weight excluding hydrogens is 274 g/mol. The number of halogens is 3. The topological polar surface area (TPSA) is 55.1 Å². The van der Waals surface area contributed by atoms with E-state index in [1.807, 2.05) is 0 Å². The number of rotatable bonds is 2. The second-order valence-electron chi connectivity index (χ2n) is 4.82. The molecule has 6 heteroatoms. The average molecular weight is 289 g/mol. The van der Waals surface area contributed by atoms with Crippen LogP contribution < -0.4 is 11.1 Å². The first-order chi connectivity index (χ1) is 8.89. The van der Waals surface area contributed by atoms with E-state index in [0.717, 1.165) is 0 Å². The van der Waals surface area contributed by atoms with Crippen molar-refractivity contribution in [2.45, 2.75) is 31.6 Å². The number of amides is 1. The summed E-state index contributed by atoms with van der Waals surface area (Å²) in [7, 11) is 0. The number of nitrogens with two attached hydrogens (primary N) is 1. The van der Waals surface area contributed by atoms with E-state index in [9.17, 15) is 13.6 Å². The van der Waals surface area contributed by atoms with Gasteiger partial charge in [-0.05, 0) is 25.0 Å². The SMILES string of the molecule is Nc1cccc(Cl)c1NC(=O)C1CCC(F)(F)CC1. The summed E-state index contributed by atoms with van der Waals surface area (Å²) >= 11 is 5.94. The molecule has 1 amide bonds. The first-order valence-corrected chi connectivity index (χ1v) is 6.49. The largest absolute Gasteiger partial charge is 0.397 e. The zero-order valence-corrected chi connectivity index (χ0v) is 11.0. The first-order valence-electron chi connectivity index (χ1n) is 6.12. The van der Waals surface area contributed by atoms with Crippen LogP contribution >= 0.6 is 11.6 Å². The van der Waals surface area contributed by atoms with Crippen LogP contribution in [0.15, 0.2) is 18.2 Å². The Labute approximate surface area is 115 Å². The number of hydrogen-bond acceptors (Lipinski definition) is 2. The number of benzene rings is 1. The lowest BCUT2D eigenvalue weighted by Crippen LogP contribution is -2.32. The van der Waals surface area contributed by atoms with Gasteiger partial charge in [-0.2, -0.15) is 0 Å². The van der Waals surface area contributed by atoms with Crippen LogP contribution in [0.25, 0.3) is 0 Å². The summed E-state index contributed by atoms with van der Waals surface area (Å²) < 4.78 is 26.0. The highest BCUT2D eigenvalue weighted by atomic mass is 35.5. The summed E-state index contributed by atoms with van der Waals surface area (Å²) in [5, 5.41) is 2.98. The smallest absolute Gasteiger partial charge is 0.248 e. The van der Waals surface area contributed by atoms with Crippen molar-refractivity contribution in [3.05, 3.63) is 23.2 Å². The minimum absolute atomic E-state index is 0.184. The monoisotopic (exact) mass is 288 g/mol. The maximum atomic E-state index is 13.0. The van der Waals surface area contributed by atoms with E-state index in [-0.39, 0.29) is 31.6 Å². The summed E-state index contributed by atoms with van der Waals surface area (Å²) in [5.41, 5.74) is 6.44. The van der Waals surface area contributed by atoms with Crippen LogP contribution in [0.4, 0.5) is 20.2 Å². The number of anilines is 2. The van der Waals surface area contributed by atoms with Gasteiger partial charge in [0.25, 0.3) is 0 Å². The van der Waals surface area contributed by atoms with Gasteiger partial charge in [-0.25, -0.2) is 8.78 Å². The van der Waals surface area contributed by atoms with Gasteiger partial charge in [0.15, 0.2) is 0 Å². The number of hydrogen-bond donors (Lipinski definition) is 2. The molecule has 1 fully saturated rings. The minimum atomic E-state index is -2.64. The third-order valence-corrected chi connectivity index (χ3v) is 3.70. The predicted molar refractivity (Wildman–Crippen MR) is 71.4 cm³/mol. The number of carbonyl (C=O) groups is 1. The van der Waals surface area contributed by atoms with Gasteiger partial charge in [0.05, 0.1) is 16.4 Å². The maximum absolute atomic E-state index is 13.0. The Morgan fingerprint density at radius 1 is 1.37 bits per heavy atom. The van der Waals surface area contributed by atoms with E-state index < -0.39 is 11.8 Å². The molecule has 3 nitrogen and oxygen atoms in total. The lowest BCUT2D eigenvalue weighted by molar-refractivity contribution is -0.124. The van der Waals surface area contributed by atoms with Gasteiger partial charge >= 0.3 is 0 Å². The molecule has 1 aliphatic rings. The van der Waals surface area contributed by atoms with E-state index in [2.05, 4.69) is 5.32 Å². The van der Waals surface area contributed by atoms with Crippen LogP contribution in [-0.4, -0.2) is 11.8 Å². The van der Waals surface area contributed by atoms with Gasteiger partial charge < -0.3 is 11.1 Å². The fourth-order valence-electron chi connectivity index (χ4n) is 2.20. The molecule has 0 aliphatic heterocycles. The molecule has 1 aromatic carbocycles. The average Bonchev–Trinajstić information content (AvgIpc) is 2.33. The first kappa shape index (κ1) is 14.1. The Hall–Kier alpha value is -1.36. The molecule has 0 spiro atoms. The Morgan fingerprint density at radius 2 is 2.00 bits per heavy atom. The van der Waals surface area contributed by atoms with Crippen LogP contribution in [0.1, 0.15) is 25.7 Å². The lowest BCUT2D eigenvalue weighted by atomic mass is 9.86. The molecule has 0 radical (unpaired) electrons. The minimum Gasteiger partial charge on any atom is -0.397 e. The molecule has 1 saturated carbocycles. The van der Waals surface area contributed by atoms with Gasteiger partial charge in [0.1, 0.15) is 0 Å². The molecule has 0 heterocycles. The molecule has 104 valence electrons. The van der Waals surface area contributed by atoms with Crippen molar-refractivity contribution in [2.75, 3.05) is 11.1 Å². The number of nitrogens with one attached hydrogen (secondary N) is 1. The van der Waals surface area contributed by atoms with Crippen molar-refractivity contribution in [2.24, 2.45) is 5.92 Å². The third-order valence-electron chi connectivity index (χ3n) is 3.38. The second-order valence-corrected chi connectivity index (χ2v) is 5.23. The molecule has 0 bridgehead atoms. The highest BCUT2D eigenvalue weighted by molar-refractivity contribution is 6.34. The lowest BCUT2D eigenvalue weighted by Gasteiger charge is -2.27. The molecule has 1 aromatic rings. The highest BCUT2D eigenvalue weighted by Crippen LogP contribution is 2.37. The Morgan fingerprint density at radius 3 is 2.58 bits per heavy atom. The number of para-hydroxylation sites is 1. The number of nitrogen functional groups attached to an aromatic ring is 1. The summed E-state index contributed by atoms with van der Waals surface area (Å²) in [4.78, 5) is 12.0. The van der Waals surface area contributed by atoms with Crippen molar-refractivity contribution in [3.8, 4) is 0 Å². The Bertz CT molecular complexity index is 463. The van der Waals surface area contributed by atoms with E-state index in [0.29, 0.717) is 16.4 Å². The molecule has 3 N–H and O–H groups in total. The summed E-state index contributed by atoms with van der Waals surface area (Å²) in [6, 6.07) is 4.91. The Kier molecular flexibility index (Phi) is 3.94. The molecule has 0 atom stereocenters. The van der Waals surface area contributed by atoms with E-state index in [1.54, 1.807) is 18.2 Å². The Balaban J connectivity index is 2.02. The summed E-state index contributed by atoms with van der Waals surface area (Å²) in [6.07, 6.45) is -0.126. The molecule has 0 unspecified atom stereocenters. The molecule has 19 heavy (non-hydrogen) atoms. The van der Waals surface area contributed by atoms with Gasteiger partial charge in [0.2, 0.25) is 11.8 Å². The van der Waals surface area contributed by atoms with Crippen molar-refractivity contribution in [1.29, 1.82) is 0 Å². The van der Waals surface area contributed by atoms with Crippen molar-refractivity contribution >= 4 is 28.9 Å². The quantitative estimate of drug-likeness (QED) is 0.816. The van der Waals surface area contributed by atoms with Crippen LogP contribution in [0.5, 0.6) is 0 Å². The van der Waals surface area contributed by atoms with Crippen molar-refractivity contribution < 1.29 is 13.6 Å². The molecular formula is C13H15ClF2N2O. The van der Waals surface area contributed by atoms with Crippen molar-refractivity contribution in [3.63, 3.8) is 0 Å². The molecule has 0 aromatic heterocycles. The molecule has 0 saturated heterocycles. The van der Waals surface area contributed by atoms with E-state index in [4.69, 9.17) is 17.3 Å². The van der Waals surface area contributed by atoms with Crippen LogP contribution in [0.2, 0.25) is 5.02 Å². The zero-order valence-electron chi connectivity index (χ0n) is 10.3. The normalized spacial score (nSPS) is 19.1. The predicted octanol–water partition coefficient (Wildman–Crippen LogP) is 3.69. The van der Waals surface area contributed by atoms with Crippen LogP contribution in [0, 0.1) is 5.92 Å². The van der Waals surface area contributed by atoms with Gasteiger partial charge in [-0.15, -0.1) is 0 Å². The fraction of sp³-hybridized carbons (Fsp3) is 0.462.